The van der Waals surface area contributed by atoms with Crippen LogP contribution < -0.4 is 10.6 Å². The fraction of sp³-hybridized carbons (Fsp3) is 0.0714. The number of urea groups is 1. The number of rotatable bonds is 3. The normalized spacial score (nSPS) is 10.2. The lowest BCUT2D eigenvalue weighted by molar-refractivity contribution is 0.262. The van der Waals surface area contributed by atoms with Crippen molar-refractivity contribution < 1.29 is 4.79 Å². The Morgan fingerprint density at radius 3 is 2.86 bits per heavy atom. The number of carbonyl (C=O) groups is 1. The van der Waals surface area contributed by atoms with Crippen LogP contribution in [0.3, 0.4) is 0 Å². The summed E-state index contributed by atoms with van der Waals surface area (Å²) in [5.74, 6) is 0.481. The summed E-state index contributed by atoms with van der Waals surface area (Å²) < 4.78 is 0. The van der Waals surface area contributed by atoms with Crippen molar-refractivity contribution in [2.75, 3.05) is 10.6 Å². The molecule has 3 aromatic heterocycles. The first-order chi connectivity index (χ1) is 10.7. The molecule has 0 fully saturated rings. The van der Waals surface area contributed by atoms with Gasteiger partial charge in [0.2, 0.25) is 5.13 Å². The van der Waals surface area contributed by atoms with Crippen LogP contribution in [0, 0.1) is 6.92 Å². The van der Waals surface area contributed by atoms with Gasteiger partial charge in [0.1, 0.15) is 5.82 Å². The Bertz CT molecular complexity index is 789. The molecule has 2 amide bonds. The van der Waals surface area contributed by atoms with Gasteiger partial charge >= 0.3 is 6.03 Å². The molecule has 3 aromatic rings. The van der Waals surface area contributed by atoms with Gasteiger partial charge in [0, 0.05) is 24.2 Å². The van der Waals surface area contributed by atoms with Crippen molar-refractivity contribution in [3.05, 3.63) is 48.4 Å². The molecule has 0 aromatic carbocycles. The van der Waals surface area contributed by atoms with E-state index >= 15 is 0 Å². The average Bonchev–Trinajstić information content (AvgIpc) is 2.96. The highest BCUT2D eigenvalue weighted by atomic mass is 32.1. The zero-order valence-corrected chi connectivity index (χ0v) is 12.5. The quantitative estimate of drug-likeness (QED) is 0.775. The third kappa shape index (κ3) is 3.41. The van der Waals surface area contributed by atoms with Crippen molar-refractivity contribution in [3.63, 3.8) is 0 Å². The Labute approximate surface area is 130 Å². The minimum Gasteiger partial charge on any atom is -0.292 e. The molecule has 0 unspecified atom stereocenters. The first kappa shape index (κ1) is 14.1. The van der Waals surface area contributed by atoms with Gasteiger partial charge in [0.05, 0.1) is 0 Å². The van der Waals surface area contributed by atoms with Gasteiger partial charge in [0.25, 0.3) is 0 Å². The number of pyridine rings is 2. The van der Waals surface area contributed by atoms with Crippen LogP contribution in [-0.2, 0) is 0 Å². The minimum atomic E-state index is -0.410. The van der Waals surface area contributed by atoms with Crippen LogP contribution >= 0.6 is 11.3 Å². The molecule has 0 aliphatic heterocycles. The second-order valence-corrected chi connectivity index (χ2v) is 5.43. The van der Waals surface area contributed by atoms with Gasteiger partial charge < -0.3 is 0 Å². The molecule has 2 N–H and O–H groups in total. The molecule has 22 heavy (non-hydrogen) atoms. The minimum absolute atomic E-state index is 0.406. The predicted molar refractivity (Wildman–Crippen MR) is 84.8 cm³/mol. The Hall–Kier alpha value is -2.87. The number of nitrogens with zero attached hydrogens (tertiary/aromatic N) is 4. The highest BCUT2D eigenvalue weighted by Crippen LogP contribution is 2.25. The van der Waals surface area contributed by atoms with Crippen LogP contribution in [0.1, 0.15) is 5.56 Å². The lowest BCUT2D eigenvalue weighted by Gasteiger charge is -2.04. The van der Waals surface area contributed by atoms with Gasteiger partial charge in [-0.2, -0.15) is 0 Å². The van der Waals surface area contributed by atoms with E-state index in [2.05, 4.69) is 30.8 Å². The monoisotopic (exact) mass is 312 g/mol. The van der Waals surface area contributed by atoms with Gasteiger partial charge in [-0.05, 0) is 36.8 Å². The number of carbonyl (C=O) groups excluding carboxylic acids is 1. The zero-order chi connectivity index (χ0) is 15.4. The smallest absolute Gasteiger partial charge is 0.292 e. The Balaban J connectivity index is 1.66. The molecule has 0 aliphatic carbocycles. The summed E-state index contributed by atoms with van der Waals surface area (Å²) in [5.41, 5.74) is 1.87. The maximum atomic E-state index is 11.9. The molecule has 110 valence electrons. The summed E-state index contributed by atoms with van der Waals surface area (Å²) >= 11 is 1.27. The van der Waals surface area contributed by atoms with Crippen LogP contribution in [0.4, 0.5) is 15.7 Å². The van der Waals surface area contributed by atoms with Crippen molar-refractivity contribution in [3.8, 4) is 10.6 Å². The van der Waals surface area contributed by atoms with Crippen molar-refractivity contribution in [1.29, 1.82) is 0 Å². The van der Waals surface area contributed by atoms with E-state index in [1.807, 2.05) is 25.1 Å². The molecule has 0 radical (unpaired) electrons. The lowest BCUT2D eigenvalue weighted by atomic mass is 10.3. The standard InChI is InChI=1S/C14H12N6OS/c1-9-4-6-16-11(7-9)17-13(21)18-14-20-19-12(22-14)10-3-2-5-15-8-10/h2-8H,1H3,(H2,16,17,18,20,21). The number of anilines is 2. The summed E-state index contributed by atoms with van der Waals surface area (Å²) in [6, 6.07) is 6.93. The molecule has 0 bridgehead atoms. The number of hydrogen-bond donors (Lipinski definition) is 2. The molecule has 8 heteroatoms. The third-order valence-corrected chi connectivity index (χ3v) is 3.60. The summed E-state index contributed by atoms with van der Waals surface area (Å²) in [6.45, 7) is 1.93. The summed E-state index contributed by atoms with van der Waals surface area (Å²) in [4.78, 5) is 20.0. The molecular weight excluding hydrogens is 300 g/mol. The highest BCUT2D eigenvalue weighted by Gasteiger charge is 2.10. The lowest BCUT2D eigenvalue weighted by Crippen LogP contribution is -2.20. The molecule has 0 saturated carbocycles. The maximum absolute atomic E-state index is 11.9. The SMILES string of the molecule is Cc1ccnc(NC(=O)Nc2nnc(-c3cccnc3)s2)c1. The molecule has 0 atom stereocenters. The first-order valence-electron chi connectivity index (χ1n) is 6.45. The topological polar surface area (TPSA) is 92.7 Å². The first-order valence-corrected chi connectivity index (χ1v) is 7.27. The number of hydrogen-bond acceptors (Lipinski definition) is 6. The summed E-state index contributed by atoms with van der Waals surface area (Å²) in [6.07, 6.45) is 5.02. The molecular formula is C14H12N6OS. The van der Waals surface area contributed by atoms with E-state index < -0.39 is 6.03 Å². The van der Waals surface area contributed by atoms with Crippen LogP contribution in [0.5, 0.6) is 0 Å². The van der Waals surface area contributed by atoms with E-state index in [1.54, 1.807) is 24.7 Å². The molecule has 0 aliphatic rings. The van der Waals surface area contributed by atoms with E-state index in [0.717, 1.165) is 11.1 Å². The van der Waals surface area contributed by atoms with Crippen LogP contribution in [0.15, 0.2) is 42.9 Å². The van der Waals surface area contributed by atoms with Crippen molar-refractivity contribution in [2.45, 2.75) is 6.92 Å². The molecule has 0 saturated heterocycles. The van der Waals surface area contributed by atoms with E-state index in [0.29, 0.717) is 16.0 Å². The second-order valence-electron chi connectivity index (χ2n) is 4.45. The van der Waals surface area contributed by atoms with Crippen molar-refractivity contribution in [2.24, 2.45) is 0 Å². The summed E-state index contributed by atoms with van der Waals surface area (Å²) in [5, 5.41) is 14.3. The van der Waals surface area contributed by atoms with Gasteiger partial charge in [-0.1, -0.05) is 11.3 Å². The van der Waals surface area contributed by atoms with E-state index in [4.69, 9.17) is 0 Å². The van der Waals surface area contributed by atoms with Crippen LogP contribution in [0.2, 0.25) is 0 Å². The summed E-state index contributed by atoms with van der Waals surface area (Å²) in [7, 11) is 0. The largest absolute Gasteiger partial charge is 0.326 e. The van der Waals surface area contributed by atoms with E-state index in [9.17, 15) is 4.79 Å². The number of aromatic nitrogens is 4. The molecule has 3 rings (SSSR count). The van der Waals surface area contributed by atoms with Crippen LogP contribution in [0.25, 0.3) is 10.6 Å². The van der Waals surface area contributed by atoms with Crippen molar-refractivity contribution in [1.82, 2.24) is 20.2 Å². The average molecular weight is 312 g/mol. The highest BCUT2D eigenvalue weighted by molar-refractivity contribution is 7.18. The van der Waals surface area contributed by atoms with Gasteiger partial charge in [0.15, 0.2) is 5.01 Å². The van der Waals surface area contributed by atoms with Crippen LogP contribution in [-0.4, -0.2) is 26.2 Å². The molecule has 7 nitrogen and oxygen atoms in total. The second kappa shape index (κ2) is 6.27. The van der Waals surface area contributed by atoms with E-state index in [-0.39, 0.29) is 0 Å². The Morgan fingerprint density at radius 1 is 1.18 bits per heavy atom. The zero-order valence-electron chi connectivity index (χ0n) is 11.6. The number of nitrogens with one attached hydrogen (secondary N) is 2. The fourth-order valence-electron chi connectivity index (χ4n) is 1.73. The maximum Gasteiger partial charge on any atom is 0.326 e. The molecule has 3 heterocycles. The predicted octanol–water partition coefficient (Wildman–Crippen LogP) is 2.95. The number of aryl methyl sites for hydroxylation is 1. The van der Waals surface area contributed by atoms with Gasteiger partial charge in [-0.15, -0.1) is 10.2 Å². The van der Waals surface area contributed by atoms with Crippen molar-refractivity contribution >= 4 is 28.3 Å². The Kier molecular flexibility index (Phi) is 4.01. The van der Waals surface area contributed by atoms with Gasteiger partial charge in [-0.3, -0.25) is 15.6 Å². The number of amides is 2. The van der Waals surface area contributed by atoms with Gasteiger partial charge in [-0.25, -0.2) is 9.78 Å². The Morgan fingerprint density at radius 2 is 2.09 bits per heavy atom. The molecule has 0 spiro atoms. The third-order valence-electron chi connectivity index (χ3n) is 2.71. The fourth-order valence-corrected chi connectivity index (χ4v) is 2.46. The van der Waals surface area contributed by atoms with E-state index in [1.165, 1.54) is 11.3 Å².